The van der Waals surface area contributed by atoms with Crippen molar-refractivity contribution in [3.63, 3.8) is 0 Å². The molecule has 0 saturated heterocycles. The first kappa shape index (κ1) is 17.5. The molecule has 5 aromatic rings. The third kappa shape index (κ3) is 2.41. The zero-order valence-electron chi connectivity index (χ0n) is 17.7. The second-order valence-corrected chi connectivity index (χ2v) is 9.47. The van der Waals surface area contributed by atoms with Crippen LogP contribution in [0.4, 0.5) is 0 Å². The fourth-order valence-corrected chi connectivity index (χ4v) is 4.63. The van der Waals surface area contributed by atoms with E-state index in [1.807, 2.05) is 12.1 Å². The molecule has 0 radical (unpaired) electrons. The molecule has 3 heterocycles. The summed E-state index contributed by atoms with van der Waals surface area (Å²) in [6.45, 7) is 8.80. The Morgan fingerprint density at radius 2 is 1.63 bits per heavy atom. The van der Waals surface area contributed by atoms with Gasteiger partial charge in [0.1, 0.15) is 17.1 Å². The molecule has 2 aromatic heterocycles. The Kier molecular flexibility index (Phi) is 3.42. The third-order valence-electron chi connectivity index (χ3n) is 5.95. The van der Waals surface area contributed by atoms with Crippen LogP contribution in [0.1, 0.15) is 32.1 Å². The Hall–Kier alpha value is -3.33. The SMILES string of the molecule is Cc1c2c(cc3ccccc13)-c1nc3ccccc3c3oc(CC(C)(C)C)c(c13)O2. The van der Waals surface area contributed by atoms with Crippen molar-refractivity contribution in [3.05, 3.63) is 65.9 Å². The molecule has 0 spiro atoms. The number of para-hydroxylation sites is 1. The lowest BCUT2D eigenvalue weighted by Gasteiger charge is -2.22. The van der Waals surface area contributed by atoms with Gasteiger partial charge in [0.15, 0.2) is 5.75 Å². The van der Waals surface area contributed by atoms with Crippen LogP contribution in [0, 0.1) is 12.3 Å². The topological polar surface area (TPSA) is 35.3 Å². The zero-order chi connectivity index (χ0) is 20.6. The molecule has 3 aromatic carbocycles. The number of benzene rings is 3. The van der Waals surface area contributed by atoms with Gasteiger partial charge in [-0.1, -0.05) is 57.2 Å². The summed E-state index contributed by atoms with van der Waals surface area (Å²) in [5.41, 5.74) is 5.04. The fraction of sp³-hybridized carbons (Fsp3) is 0.222. The number of hydrogen-bond acceptors (Lipinski definition) is 3. The third-order valence-corrected chi connectivity index (χ3v) is 5.95. The number of rotatable bonds is 1. The highest BCUT2D eigenvalue weighted by Gasteiger charge is 2.32. The van der Waals surface area contributed by atoms with Crippen LogP contribution in [-0.2, 0) is 6.42 Å². The van der Waals surface area contributed by atoms with E-state index >= 15 is 0 Å². The van der Waals surface area contributed by atoms with Gasteiger partial charge in [-0.25, -0.2) is 4.98 Å². The Balaban J connectivity index is 1.77. The molecule has 1 aliphatic rings. The summed E-state index contributed by atoms with van der Waals surface area (Å²) in [5, 5.41) is 4.43. The van der Waals surface area contributed by atoms with Gasteiger partial charge in [-0.3, -0.25) is 0 Å². The molecular formula is C27H23NO2. The van der Waals surface area contributed by atoms with Gasteiger partial charge in [-0.15, -0.1) is 0 Å². The van der Waals surface area contributed by atoms with Crippen LogP contribution in [-0.4, -0.2) is 4.98 Å². The van der Waals surface area contributed by atoms with E-state index in [1.165, 1.54) is 10.8 Å². The van der Waals surface area contributed by atoms with Crippen molar-refractivity contribution in [1.29, 1.82) is 0 Å². The molecule has 3 heteroatoms. The molecule has 3 nitrogen and oxygen atoms in total. The number of fused-ring (bicyclic) bond motifs is 5. The van der Waals surface area contributed by atoms with Gasteiger partial charge < -0.3 is 9.15 Å². The monoisotopic (exact) mass is 393 g/mol. The van der Waals surface area contributed by atoms with Gasteiger partial charge in [0, 0.05) is 22.9 Å². The minimum atomic E-state index is 0.0792. The number of nitrogens with zero attached hydrogens (tertiary/aromatic N) is 1. The summed E-state index contributed by atoms with van der Waals surface area (Å²) in [4.78, 5) is 5.09. The predicted molar refractivity (Wildman–Crippen MR) is 122 cm³/mol. The molecule has 0 N–H and O–H groups in total. The van der Waals surface area contributed by atoms with Gasteiger partial charge in [0.05, 0.1) is 16.6 Å². The first-order valence-corrected chi connectivity index (χ1v) is 10.5. The molecule has 0 amide bonds. The van der Waals surface area contributed by atoms with Crippen molar-refractivity contribution >= 4 is 32.6 Å². The molecule has 0 unspecified atom stereocenters. The van der Waals surface area contributed by atoms with E-state index in [0.717, 1.165) is 62.4 Å². The lowest BCUT2D eigenvalue weighted by molar-refractivity contribution is 0.354. The van der Waals surface area contributed by atoms with Crippen molar-refractivity contribution < 1.29 is 9.15 Å². The second kappa shape index (κ2) is 5.85. The van der Waals surface area contributed by atoms with E-state index in [1.54, 1.807) is 0 Å². The summed E-state index contributed by atoms with van der Waals surface area (Å²) in [7, 11) is 0. The Morgan fingerprint density at radius 1 is 0.900 bits per heavy atom. The molecule has 148 valence electrons. The quantitative estimate of drug-likeness (QED) is 0.286. The summed E-state index contributed by atoms with van der Waals surface area (Å²) >= 11 is 0. The predicted octanol–water partition coefficient (Wildman–Crippen LogP) is 7.80. The maximum absolute atomic E-state index is 6.62. The van der Waals surface area contributed by atoms with Crippen LogP contribution in [0.5, 0.6) is 11.5 Å². The highest BCUT2D eigenvalue weighted by atomic mass is 16.5. The molecular weight excluding hydrogens is 370 g/mol. The Bertz CT molecular complexity index is 1480. The number of pyridine rings is 1. The summed E-state index contributed by atoms with van der Waals surface area (Å²) in [5.74, 6) is 2.62. The van der Waals surface area contributed by atoms with Crippen molar-refractivity contribution in [2.45, 2.75) is 34.1 Å². The number of furan rings is 1. The molecule has 0 fully saturated rings. The van der Waals surface area contributed by atoms with Crippen molar-refractivity contribution in [2.24, 2.45) is 5.41 Å². The molecule has 0 saturated carbocycles. The summed E-state index contributed by atoms with van der Waals surface area (Å²) in [6.07, 6.45) is 0.798. The maximum atomic E-state index is 6.62. The summed E-state index contributed by atoms with van der Waals surface area (Å²) in [6, 6.07) is 18.9. The molecule has 0 bridgehead atoms. The number of aromatic nitrogens is 1. The van der Waals surface area contributed by atoms with E-state index in [4.69, 9.17) is 14.1 Å². The van der Waals surface area contributed by atoms with Crippen LogP contribution in [0.15, 0.2) is 59.0 Å². The molecule has 1 aliphatic heterocycles. The molecule has 6 rings (SSSR count). The lowest BCUT2D eigenvalue weighted by Crippen LogP contribution is -2.09. The number of hydrogen-bond donors (Lipinski definition) is 0. The van der Waals surface area contributed by atoms with E-state index in [2.05, 4.69) is 70.2 Å². The zero-order valence-corrected chi connectivity index (χ0v) is 17.7. The van der Waals surface area contributed by atoms with E-state index < -0.39 is 0 Å². The van der Waals surface area contributed by atoms with Crippen molar-refractivity contribution in [1.82, 2.24) is 4.98 Å². The highest BCUT2D eigenvalue weighted by Crippen LogP contribution is 2.53. The molecule has 0 aliphatic carbocycles. The van der Waals surface area contributed by atoms with E-state index in [-0.39, 0.29) is 5.41 Å². The van der Waals surface area contributed by atoms with Crippen LogP contribution in [0.2, 0.25) is 0 Å². The Morgan fingerprint density at radius 3 is 2.43 bits per heavy atom. The van der Waals surface area contributed by atoms with Gasteiger partial charge in [0.25, 0.3) is 0 Å². The summed E-state index contributed by atoms with van der Waals surface area (Å²) < 4.78 is 13.1. The van der Waals surface area contributed by atoms with Crippen molar-refractivity contribution in [2.75, 3.05) is 0 Å². The standard InChI is InChI=1S/C27H23NO2/c1-15-17-10-6-5-9-16(17)13-19-23-22-25(18-11-7-8-12-20(18)28-23)29-21(14-27(2,3)4)26(22)30-24(15)19/h5-13H,14H2,1-4H3. The first-order valence-electron chi connectivity index (χ1n) is 10.5. The van der Waals surface area contributed by atoms with Crippen LogP contribution in [0.25, 0.3) is 43.9 Å². The van der Waals surface area contributed by atoms with Crippen LogP contribution in [0.3, 0.4) is 0 Å². The largest absolute Gasteiger partial charge is 0.456 e. The minimum absolute atomic E-state index is 0.0792. The van der Waals surface area contributed by atoms with Crippen molar-refractivity contribution in [3.8, 4) is 22.8 Å². The number of ether oxygens (including phenoxy) is 1. The van der Waals surface area contributed by atoms with Gasteiger partial charge in [-0.05, 0) is 41.3 Å². The highest BCUT2D eigenvalue weighted by molar-refractivity contribution is 6.13. The van der Waals surface area contributed by atoms with Crippen LogP contribution < -0.4 is 4.74 Å². The molecule has 0 atom stereocenters. The van der Waals surface area contributed by atoms with E-state index in [0.29, 0.717) is 0 Å². The average Bonchev–Trinajstić information content (AvgIpc) is 3.06. The normalized spacial score (nSPS) is 13.1. The smallest absolute Gasteiger partial charge is 0.178 e. The van der Waals surface area contributed by atoms with Gasteiger partial charge in [0.2, 0.25) is 0 Å². The average molecular weight is 393 g/mol. The Labute approximate surface area is 175 Å². The maximum Gasteiger partial charge on any atom is 0.178 e. The van der Waals surface area contributed by atoms with Crippen LogP contribution >= 0.6 is 0 Å². The van der Waals surface area contributed by atoms with Gasteiger partial charge in [-0.2, -0.15) is 0 Å². The first-order chi connectivity index (χ1) is 14.4. The minimum Gasteiger partial charge on any atom is -0.456 e. The number of aryl methyl sites for hydroxylation is 1. The fourth-order valence-electron chi connectivity index (χ4n) is 4.63. The van der Waals surface area contributed by atoms with E-state index in [9.17, 15) is 0 Å². The second-order valence-electron chi connectivity index (χ2n) is 9.47. The van der Waals surface area contributed by atoms with Gasteiger partial charge >= 0.3 is 0 Å². The lowest BCUT2D eigenvalue weighted by atomic mass is 9.90. The molecule has 30 heavy (non-hydrogen) atoms.